The third-order valence-electron chi connectivity index (χ3n) is 2.20. The van der Waals surface area contributed by atoms with E-state index in [4.69, 9.17) is 5.11 Å². The van der Waals surface area contributed by atoms with Crippen molar-refractivity contribution in [3.63, 3.8) is 0 Å². The van der Waals surface area contributed by atoms with Crippen LogP contribution in [-0.2, 0) is 6.54 Å². The second-order valence-electron chi connectivity index (χ2n) is 6.13. The van der Waals surface area contributed by atoms with Crippen molar-refractivity contribution in [2.75, 3.05) is 13.6 Å². The van der Waals surface area contributed by atoms with E-state index in [-0.39, 0.29) is 0 Å². The SMILES string of the molecule is C/C(=C/O)CN/C=C\NCc1ccccc1O.C=CC.CC(C)C.C[NH][Tl]. The summed E-state index contributed by atoms with van der Waals surface area (Å²) in [6, 6.07) is 7.20. The Hall–Kier alpha value is -1.48. The van der Waals surface area contributed by atoms with Crippen molar-refractivity contribution >= 4 is 26.1 Å². The van der Waals surface area contributed by atoms with Crippen molar-refractivity contribution in [2.45, 2.75) is 41.2 Å². The molecule has 27 heavy (non-hydrogen) atoms. The first kappa shape index (κ1) is 30.3. The van der Waals surface area contributed by atoms with Crippen LogP contribution in [0.4, 0.5) is 0 Å². The van der Waals surface area contributed by atoms with Gasteiger partial charge in [-0.1, -0.05) is 45.0 Å². The topological polar surface area (TPSA) is 76.5 Å². The van der Waals surface area contributed by atoms with Crippen molar-refractivity contribution in [3.8, 4) is 5.75 Å². The summed E-state index contributed by atoms with van der Waals surface area (Å²) in [6.45, 7) is 14.8. The van der Waals surface area contributed by atoms with E-state index < -0.39 is 0 Å². The normalized spacial score (nSPS) is 9.78. The number of phenols is 1. The van der Waals surface area contributed by atoms with E-state index in [1.165, 1.54) is 0 Å². The minimum atomic E-state index is 0.292. The van der Waals surface area contributed by atoms with Gasteiger partial charge in [-0.25, -0.2) is 0 Å². The van der Waals surface area contributed by atoms with Gasteiger partial charge in [-0.05, 0) is 31.4 Å². The molecule has 1 aromatic rings. The molecule has 0 radical (unpaired) electrons. The average Bonchev–Trinajstić information content (AvgIpc) is 2.60. The molecular formula is C21H38N3O2Tl. The number of hydrogen-bond acceptors (Lipinski definition) is 5. The van der Waals surface area contributed by atoms with Crippen LogP contribution < -0.4 is 13.8 Å². The number of rotatable bonds is 6. The van der Waals surface area contributed by atoms with Crippen LogP contribution in [0.25, 0.3) is 0 Å². The summed E-state index contributed by atoms with van der Waals surface area (Å²) in [6.07, 6.45) is 6.35. The molecule has 0 aliphatic carbocycles. The average molecular weight is 569 g/mol. The molecule has 1 aromatic carbocycles. The molecule has 0 unspecified atom stereocenters. The van der Waals surface area contributed by atoms with Gasteiger partial charge < -0.3 is 20.8 Å². The van der Waals surface area contributed by atoms with Crippen LogP contribution in [0.5, 0.6) is 5.75 Å². The number of aromatic hydroxyl groups is 1. The molecule has 0 aliphatic rings. The van der Waals surface area contributed by atoms with Crippen molar-refractivity contribution < 1.29 is 10.2 Å². The molecule has 5 nitrogen and oxygen atoms in total. The number of para-hydroxylation sites is 1. The van der Waals surface area contributed by atoms with Crippen LogP contribution in [0.1, 0.15) is 40.2 Å². The van der Waals surface area contributed by atoms with Crippen LogP contribution in [0.15, 0.2) is 61.2 Å². The van der Waals surface area contributed by atoms with Crippen LogP contribution >= 0.6 is 0 Å². The van der Waals surface area contributed by atoms with E-state index in [1.54, 1.807) is 30.6 Å². The Bertz CT molecular complexity index is 501. The Labute approximate surface area is 182 Å². The van der Waals surface area contributed by atoms with Crippen LogP contribution in [-0.4, -0.2) is 49.9 Å². The molecule has 0 fully saturated rings. The number of aliphatic hydroxyl groups excluding tert-OH is 1. The molecule has 1 rings (SSSR count). The number of aliphatic hydroxyl groups is 1. The van der Waals surface area contributed by atoms with Gasteiger partial charge in [0, 0.05) is 31.1 Å². The maximum atomic E-state index is 9.50. The second kappa shape index (κ2) is 24.5. The van der Waals surface area contributed by atoms with Gasteiger partial charge in [0.1, 0.15) is 5.75 Å². The molecule has 0 amide bonds. The van der Waals surface area contributed by atoms with Crippen LogP contribution in [0.2, 0.25) is 0 Å². The zero-order chi connectivity index (χ0) is 21.5. The fraction of sp³-hybridized carbons (Fsp3) is 0.429. The summed E-state index contributed by atoms with van der Waals surface area (Å²) in [5.74, 6) is 1.13. The van der Waals surface area contributed by atoms with Crippen molar-refractivity contribution in [1.29, 1.82) is 0 Å². The monoisotopic (exact) mass is 569 g/mol. The summed E-state index contributed by atoms with van der Waals surface area (Å²) in [7, 11) is 1.95. The molecule has 0 atom stereocenters. The van der Waals surface area contributed by atoms with Gasteiger partial charge in [0.05, 0.1) is 6.26 Å². The Kier molecular flexibility index (Phi) is 27.5. The molecular weight excluding hydrogens is 531 g/mol. The van der Waals surface area contributed by atoms with Crippen molar-refractivity contribution in [2.24, 2.45) is 5.92 Å². The predicted octanol–water partition coefficient (Wildman–Crippen LogP) is 4.15. The molecule has 5 N–H and O–H groups in total. The zero-order valence-electron chi connectivity index (χ0n) is 17.8. The maximum absolute atomic E-state index is 9.50. The van der Waals surface area contributed by atoms with Gasteiger partial charge in [-0.15, -0.1) is 6.58 Å². The summed E-state index contributed by atoms with van der Waals surface area (Å²) in [4.78, 5) is 0. The Balaban J connectivity index is -0.000000479. The van der Waals surface area contributed by atoms with Gasteiger partial charge in [0.15, 0.2) is 0 Å². The standard InChI is InChI=1S/C13H18N2O2.C4H10.C3H6.CH4N.Tl/c1-11(10-16)8-14-6-7-15-9-12-4-2-3-5-13(12)17;1-4(2)3;1-3-2;1-2;/h2-7,10,14-17H,8-9H2,1H3;4H,1-3H3;3H,1H2,2H3;2H,1H3;/q;;;-1;+1/b7-6-,11-10-;;;;. The minimum absolute atomic E-state index is 0.292. The fourth-order valence-electron chi connectivity index (χ4n) is 1.21. The third kappa shape index (κ3) is 29.5. The fourth-order valence-corrected chi connectivity index (χ4v) is 1.21. The van der Waals surface area contributed by atoms with Crippen LogP contribution in [0, 0.1) is 5.92 Å². The third-order valence-corrected chi connectivity index (χ3v) is 2.20. The van der Waals surface area contributed by atoms with Gasteiger partial charge in [0.25, 0.3) is 0 Å². The van der Waals surface area contributed by atoms with Crippen LogP contribution in [0.3, 0.4) is 0 Å². The number of hydrogen-bond donors (Lipinski definition) is 5. The van der Waals surface area contributed by atoms with E-state index in [2.05, 4.69) is 41.1 Å². The molecule has 152 valence electrons. The first-order chi connectivity index (χ1) is 12.8. The van der Waals surface area contributed by atoms with E-state index in [0.29, 0.717) is 18.8 Å². The quantitative estimate of drug-likeness (QED) is 0.203. The molecule has 6 heteroatoms. The van der Waals surface area contributed by atoms with Gasteiger partial charge in [0.2, 0.25) is 0 Å². The second-order valence-corrected chi connectivity index (χ2v) is 8.37. The van der Waals surface area contributed by atoms with Gasteiger partial charge >= 0.3 is 36.2 Å². The molecule has 0 bridgehead atoms. The summed E-state index contributed by atoms with van der Waals surface area (Å²) in [5.41, 5.74) is 1.71. The Morgan fingerprint density at radius 2 is 1.63 bits per heavy atom. The summed E-state index contributed by atoms with van der Waals surface area (Å²) >= 11 is 0.968. The van der Waals surface area contributed by atoms with Gasteiger partial charge in [-0.2, -0.15) is 0 Å². The first-order valence-electron chi connectivity index (χ1n) is 8.93. The summed E-state index contributed by atoms with van der Waals surface area (Å²) < 4.78 is 2.92. The number of nitrogens with one attached hydrogen (secondary N) is 3. The number of allylic oxidation sites excluding steroid dienone is 1. The van der Waals surface area contributed by atoms with Crippen molar-refractivity contribution in [1.82, 2.24) is 13.8 Å². The molecule has 0 saturated carbocycles. The molecule has 0 saturated heterocycles. The molecule has 0 heterocycles. The van der Waals surface area contributed by atoms with E-state index in [9.17, 15) is 5.11 Å². The molecule has 0 aliphatic heterocycles. The Morgan fingerprint density at radius 1 is 1.19 bits per heavy atom. The van der Waals surface area contributed by atoms with E-state index >= 15 is 0 Å². The van der Waals surface area contributed by atoms with Crippen molar-refractivity contribution in [3.05, 3.63) is 66.7 Å². The van der Waals surface area contributed by atoms with Gasteiger partial charge in [-0.3, -0.25) is 0 Å². The first-order valence-corrected chi connectivity index (χ1v) is 11.2. The summed E-state index contributed by atoms with van der Waals surface area (Å²) in [5, 5.41) is 24.2. The predicted molar refractivity (Wildman–Crippen MR) is 120 cm³/mol. The Morgan fingerprint density at radius 3 is 2.07 bits per heavy atom. The number of benzene rings is 1. The number of phenolic OH excluding ortho intramolecular Hbond substituents is 1. The molecule has 0 spiro atoms. The van der Waals surface area contributed by atoms with E-state index in [1.807, 2.05) is 33.0 Å². The van der Waals surface area contributed by atoms with E-state index in [0.717, 1.165) is 49.4 Å². The molecule has 0 aromatic heterocycles. The zero-order valence-corrected chi connectivity index (χ0v) is 22.3.